The zero-order valence-electron chi connectivity index (χ0n) is 11.3. The van der Waals surface area contributed by atoms with Crippen LogP contribution in [0.2, 0.25) is 5.02 Å². The van der Waals surface area contributed by atoms with Crippen molar-refractivity contribution in [3.63, 3.8) is 0 Å². The minimum absolute atomic E-state index is 0.144. The summed E-state index contributed by atoms with van der Waals surface area (Å²) in [6.45, 7) is 6.13. The molecule has 0 aliphatic heterocycles. The Morgan fingerprint density at radius 1 is 1.50 bits per heavy atom. The van der Waals surface area contributed by atoms with E-state index in [1.165, 1.54) is 10.9 Å². The van der Waals surface area contributed by atoms with E-state index in [9.17, 15) is 0 Å². The summed E-state index contributed by atoms with van der Waals surface area (Å²) in [7, 11) is 1.58. The molecule has 0 aromatic carbocycles. The van der Waals surface area contributed by atoms with Crippen molar-refractivity contribution >= 4 is 11.6 Å². The van der Waals surface area contributed by atoms with Crippen molar-refractivity contribution in [2.24, 2.45) is 11.1 Å². The number of ether oxygens (including phenoxy) is 1. The molecule has 0 amide bonds. The van der Waals surface area contributed by atoms with Gasteiger partial charge >= 0.3 is 0 Å². The average molecular weight is 278 g/mol. The molecule has 1 heterocycles. The van der Waals surface area contributed by atoms with E-state index in [1.807, 2.05) is 0 Å². The first-order chi connectivity index (χ1) is 8.28. The molecule has 1 rings (SSSR count). The number of hydrogen-bond acceptors (Lipinski definition) is 3. The first kappa shape index (κ1) is 15.4. The van der Waals surface area contributed by atoms with Gasteiger partial charge in [0, 0.05) is 19.1 Å². The lowest BCUT2D eigenvalue weighted by Gasteiger charge is -2.37. The molecule has 1 atom stereocenters. The Hall–Kier alpha value is -0.650. The van der Waals surface area contributed by atoms with Crippen molar-refractivity contribution in [1.29, 1.82) is 0 Å². The second kappa shape index (κ2) is 5.55. The molecule has 0 radical (unpaired) electrons. The van der Waals surface area contributed by atoms with Gasteiger partial charge in [-0.25, -0.2) is 4.39 Å². The van der Waals surface area contributed by atoms with Crippen LogP contribution in [0, 0.1) is 5.41 Å². The lowest BCUT2D eigenvalue weighted by Crippen LogP contribution is -2.44. The molecule has 0 spiro atoms. The third-order valence-electron chi connectivity index (χ3n) is 3.15. The van der Waals surface area contributed by atoms with Crippen LogP contribution in [0.25, 0.3) is 0 Å². The van der Waals surface area contributed by atoms with Crippen molar-refractivity contribution in [2.45, 2.75) is 33.0 Å². The van der Waals surface area contributed by atoms with Crippen LogP contribution in [0.4, 0.5) is 4.39 Å². The standard InChI is InChI=1S/C12H21ClFN3O/c1-11(2,3)12(14,8-15)10-9(13)7-16-17(10)5-6-18-4/h7H,5-6,8,15H2,1-4H3. The van der Waals surface area contributed by atoms with Crippen LogP contribution in [0.3, 0.4) is 0 Å². The molecule has 1 aromatic rings. The van der Waals surface area contributed by atoms with Gasteiger partial charge in [-0.15, -0.1) is 0 Å². The van der Waals surface area contributed by atoms with E-state index < -0.39 is 11.1 Å². The highest BCUT2D eigenvalue weighted by atomic mass is 35.5. The summed E-state index contributed by atoms with van der Waals surface area (Å²) >= 11 is 6.07. The highest BCUT2D eigenvalue weighted by Gasteiger charge is 2.46. The number of alkyl halides is 1. The number of aromatic nitrogens is 2. The third kappa shape index (κ3) is 2.68. The van der Waals surface area contributed by atoms with E-state index in [0.717, 1.165) is 0 Å². The average Bonchev–Trinajstić information content (AvgIpc) is 2.65. The van der Waals surface area contributed by atoms with Crippen molar-refractivity contribution in [3.8, 4) is 0 Å². The molecule has 18 heavy (non-hydrogen) atoms. The molecule has 1 aromatic heterocycles. The SMILES string of the molecule is COCCn1ncc(Cl)c1C(F)(CN)C(C)(C)C. The molecule has 0 bridgehead atoms. The van der Waals surface area contributed by atoms with Gasteiger partial charge in [0.15, 0.2) is 5.67 Å². The molecule has 1 unspecified atom stereocenters. The molecule has 0 aliphatic carbocycles. The Morgan fingerprint density at radius 3 is 2.56 bits per heavy atom. The van der Waals surface area contributed by atoms with E-state index >= 15 is 4.39 Å². The van der Waals surface area contributed by atoms with Gasteiger partial charge in [0.2, 0.25) is 0 Å². The van der Waals surface area contributed by atoms with E-state index in [2.05, 4.69) is 5.10 Å². The zero-order chi connectivity index (χ0) is 14.0. The minimum atomic E-state index is -1.73. The van der Waals surface area contributed by atoms with Crippen LogP contribution in [0.1, 0.15) is 26.5 Å². The molecule has 4 nitrogen and oxygen atoms in total. The van der Waals surface area contributed by atoms with Crippen LogP contribution in [0.15, 0.2) is 6.20 Å². The number of nitrogens with zero attached hydrogens (tertiary/aromatic N) is 2. The van der Waals surface area contributed by atoms with E-state index in [4.69, 9.17) is 22.1 Å². The summed E-state index contributed by atoms with van der Waals surface area (Å²) in [5.41, 5.74) is 3.58. The van der Waals surface area contributed by atoms with Crippen LogP contribution in [0.5, 0.6) is 0 Å². The van der Waals surface area contributed by atoms with Crippen LogP contribution in [-0.4, -0.2) is 30.0 Å². The highest BCUT2D eigenvalue weighted by molar-refractivity contribution is 6.31. The first-order valence-electron chi connectivity index (χ1n) is 5.87. The molecular weight excluding hydrogens is 257 g/mol. The predicted octanol–water partition coefficient (Wildman–Crippen LogP) is 2.35. The maximum absolute atomic E-state index is 15.2. The summed E-state index contributed by atoms with van der Waals surface area (Å²) in [5.74, 6) is 0. The fourth-order valence-corrected chi connectivity index (χ4v) is 2.15. The normalized spacial score (nSPS) is 15.7. The number of nitrogens with two attached hydrogens (primary N) is 1. The molecular formula is C12H21ClFN3O. The Kier molecular flexibility index (Phi) is 4.75. The summed E-state index contributed by atoms with van der Waals surface area (Å²) in [6, 6.07) is 0. The second-order valence-corrected chi connectivity index (χ2v) is 5.72. The summed E-state index contributed by atoms with van der Waals surface area (Å²) in [5, 5.41) is 4.39. The van der Waals surface area contributed by atoms with Crippen molar-refractivity contribution < 1.29 is 9.13 Å². The summed E-state index contributed by atoms with van der Waals surface area (Å²) < 4.78 is 21.7. The topological polar surface area (TPSA) is 53.1 Å². The quantitative estimate of drug-likeness (QED) is 0.899. The van der Waals surface area contributed by atoms with E-state index in [1.54, 1.807) is 27.9 Å². The molecule has 6 heteroatoms. The van der Waals surface area contributed by atoms with Crippen LogP contribution < -0.4 is 5.73 Å². The predicted molar refractivity (Wildman–Crippen MR) is 70.4 cm³/mol. The molecule has 2 N–H and O–H groups in total. The van der Waals surface area contributed by atoms with Gasteiger partial charge in [0.1, 0.15) is 0 Å². The fraction of sp³-hybridized carbons (Fsp3) is 0.750. The van der Waals surface area contributed by atoms with Crippen LogP contribution >= 0.6 is 11.6 Å². The lowest BCUT2D eigenvalue weighted by molar-refractivity contribution is 0.0239. The molecule has 0 aliphatic rings. The fourth-order valence-electron chi connectivity index (χ4n) is 1.86. The van der Waals surface area contributed by atoms with Crippen molar-refractivity contribution in [1.82, 2.24) is 9.78 Å². The van der Waals surface area contributed by atoms with Gasteiger partial charge in [-0.2, -0.15) is 5.10 Å². The Morgan fingerprint density at radius 2 is 2.11 bits per heavy atom. The monoisotopic (exact) mass is 277 g/mol. The first-order valence-corrected chi connectivity index (χ1v) is 6.25. The van der Waals surface area contributed by atoms with E-state index in [-0.39, 0.29) is 6.54 Å². The number of halogens is 2. The highest BCUT2D eigenvalue weighted by Crippen LogP contribution is 2.44. The van der Waals surface area contributed by atoms with Crippen molar-refractivity contribution in [3.05, 3.63) is 16.9 Å². The van der Waals surface area contributed by atoms with Gasteiger partial charge < -0.3 is 10.5 Å². The zero-order valence-corrected chi connectivity index (χ0v) is 12.1. The number of rotatable bonds is 5. The van der Waals surface area contributed by atoms with E-state index in [0.29, 0.717) is 23.9 Å². The van der Waals surface area contributed by atoms with Crippen LogP contribution in [-0.2, 0) is 17.0 Å². The molecule has 0 fully saturated rings. The Bertz CT molecular complexity index is 403. The van der Waals surface area contributed by atoms with Gasteiger partial charge in [-0.05, 0) is 0 Å². The lowest BCUT2D eigenvalue weighted by atomic mass is 9.75. The second-order valence-electron chi connectivity index (χ2n) is 5.31. The Balaban J connectivity index is 3.24. The van der Waals surface area contributed by atoms with Gasteiger partial charge in [0.25, 0.3) is 0 Å². The van der Waals surface area contributed by atoms with Gasteiger partial charge in [0.05, 0.1) is 30.1 Å². The summed E-state index contributed by atoms with van der Waals surface area (Å²) in [6.07, 6.45) is 1.45. The van der Waals surface area contributed by atoms with Gasteiger partial charge in [-0.1, -0.05) is 32.4 Å². The number of hydrogen-bond donors (Lipinski definition) is 1. The summed E-state index contributed by atoms with van der Waals surface area (Å²) in [4.78, 5) is 0. The molecule has 0 saturated heterocycles. The van der Waals surface area contributed by atoms with Crippen molar-refractivity contribution in [2.75, 3.05) is 20.3 Å². The maximum Gasteiger partial charge on any atom is 0.170 e. The molecule has 104 valence electrons. The minimum Gasteiger partial charge on any atom is -0.383 e. The Labute approximate surface area is 112 Å². The third-order valence-corrected chi connectivity index (χ3v) is 3.42. The largest absolute Gasteiger partial charge is 0.383 e. The molecule has 0 saturated carbocycles. The maximum atomic E-state index is 15.2. The van der Waals surface area contributed by atoms with Gasteiger partial charge in [-0.3, -0.25) is 4.68 Å². The number of methoxy groups -OCH3 is 1. The smallest absolute Gasteiger partial charge is 0.170 e.